The van der Waals surface area contributed by atoms with Gasteiger partial charge in [0.25, 0.3) is 0 Å². The molecule has 1 amide bonds. The third kappa shape index (κ3) is 5.99. The molecule has 7 nitrogen and oxygen atoms in total. The fourth-order valence-electron chi connectivity index (χ4n) is 3.30. The number of hydrogen-bond acceptors (Lipinski definition) is 6. The van der Waals surface area contributed by atoms with E-state index in [2.05, 4.69) is 34.2 Å². The summed E-state index contributed by atoms with van der Waals surface area (Å²) in [6, 6.07) is 0. The lowest BCUT2D eigenvalue weighted by Gasteiger charge is -2.33. The summed E-state index contributed by atoms with van der Waals surface area (Å²) in [5, 5.41) is 6.86. The van der Waals surface area contributed by atoms with E-state index in [-0.39, 0.29) is 0 Å². The Hall–Kier alpha value is -1.63. The first kappa shape index (κ1) is 19.7. The summed E-state index contributed by atoms with van der Waals surface area (Å²) in [7, 11) is 0. The van der Waals surface area contributed by atoms with Gasteiger partial charge in [0.05, 0.1) is 6.54 Å². The zero-order chi connectivity index (χ0) is 18.8. The number of hydrogen-bond donors (Lipinski definition) is 1. The number of piperidine rings is 1. The van der Waals surface area contributed by atoms with Gasteiger partial charge < -0.3 is 14.6 Å². The third-order valence-electron chi connectivity index (χ3n) is 4.14. The number of carbonyl (C=O) groups is 1. The number of carbonyl (C=O) groups excluding carboxylic acids is 1. The van der Waals surface area contributed by atoms with Crippen molar-refractivity contribution in [2.24, 2.45) is 11.8 Å². The van der Waals surface area contributed by atoms with E-state index in [1.807, 2.05) is 34.6 Å². The average molecular weight is 352 g/mol. The minimum atomic E-state index is -0.771. The van der Waals surface area contributed by atoms with E-state index in [9.17, 15) is 4.79 Å². The minimum absolute atomic E-state index is 0.450. The molecular formula is C18H32N4O3. The first-order valence-corrected chi connectivity index (χ1v) is 9.01. The molecule has 0 aromatic carbocycles. The van der Waals surface area contributed by atoms with Crippen LogP contribution in [0.25, 0.3) is 0 Å². The number of rotatable bonds is 4. The quantitative estimate of drug-likeness (QED) is 0.895. The van der Waals surface area contributed by atoms with E-state index < -0.39 is 17.2 Å². The molecule has 0 aliphatic carbocycles. The Morgan fingerprint density at radius 3 is 2.40 bits per heavy atom. The number of ether oxygens (including phenoxy) is 1. The van der Waals surface area contributed by atoms with E-state index in [1.165, 1.54) is 6.42 Å². The van der Waals surface area contributed by atoms with Gasteiger partial charge in [-0.15, -0.1) is 0 Å². The fraction of sp³-hybridized carbons (Fsp3) is 0.833. The van der Waals surface area contributed by atoms with Crippen LogP contribution in [-0.2, 0) is 16.8 Å². The van der Waals surface area contributed by atoms with Crippen molar-refractivity contribution < 1.29 is 14.1 Å². The van der Waals surface area contributed by atoms with Gasteiger partial charge in [-0.25, -0.2) is 4.79 Å². The van der Waals surface area contributed by atoms with Gasteiger partial charge in [-0.2, -0.15) is 4.98 Å². The molecule has 1 aliphatic rings. The normalized spacial score (nSPS) is 22.7. The fourth-order valence-corrected chi connectivity index (χ4v) is 3.30. The Bertz CT molecular complexity index is 581. The number of likely N-dealkylation sites (tertiary alicyclic amines) is 1. The molecule has 25 heavy (non-hydrogen) atoms. The zero-order valence-corrected chi connectivity index (χ0v) is 16.5. The minimum Gasteiger partial charge on any atom is -0.444 e. The van der Waals surface area contributed by atoms with Crippen LogP contribution in [0.5, 0.6) is 0 Å². The Labute approximate surface area is 150 Å². The SMILES string of the molecule is C[C@@H]1C[C@@H](C)CN(Cc2nc(C(C)(C)NC(=O)OC(C)(C)C)no2)C1. The predicted molar refractivity (Wildman–Crippen MR) is 94.9 cm³/mol. The van der Waals surface area contributed by atoms with E-state index in [1.54, 1.807) is 0 Å². The van der Waals surface area contributed by atoms with E-state index in [0.717, 1.165) is 13.1 Å². The molecule has 0 unspecified atom stereocenters. The molecule has 0 radical (unpaired) electrons. The molecule has 0 saturated carbocycles. The van der Waals surface area contributed by atoms with Crippen LogP contribution in [0.15, 0.2) is 4.52 Å². The van der Waals surface area contributed by atoms with Crippen molar-refractivity contribution in [2.75, 3.05) is 13.1 Å². The molecule has 1 N–H and O–H groups in total. The molecule has 1 aromatic rings. The first-order valence-electron chi connectivity index (χ1n) is 9.01. The molecule has 1 aliphatic heterocycles. The number of nitrogens with one attached hydrogen (secondary N) is 1. The molecule has 0 spiro atoms. The van der Waals surface area contributed by atoms with Gasteiger partial charge in [-0.3, -0.25) is 4.90 Å². The highest BCUT2D eigenvalue weighted by Crippen LogP contribution is 2.23. The summed E-state index contributed by atoms with van der Waals surface area (Å²) < 4.78 is 10.7. The van der Waals surface area contributed by atoms with Crippen LogP contribution < -0.4 is 5.32 Å². The summed E-state index contributed by atoms with van der Waals surface area (Å²) in [6.07, 6.45) is 0.765. The maximum atomic E-state index is 12.0. The van der Waals surface area contributed by atoms with Crippen LogP contribution in [-0.4, -0.2) is 39.8 Å². The number of amides is 1. The lowest BCUT2D eigenvalue weighted by molar-refractivity contribution is 0.0465. The van der Waals surface area contributed by atoms with Crippen molar-refractivity contribution in [1.82, 2.24) is 20.4 Å². The number of aromatic nitrogens is 2. The van der Waals surface area contributed by atoms with Crippen molar-refractivity contribution in [3.63, 3.8) is 0 Å². The van der Waals surface area contributed by atoms with Gasteiger partial charge >= 0.3 is 6.09 Å². The second-order valence-corrected chi connectivity index (χ2v) is 8.90. The number of alkyl carbamates (subject to hydrolysis) is 1. The zero-order valence-electron chi connectivity index (χ0n) is 16.5. The highest BCUT2D eigenvalue weighted by Gasteiger charge is 2.31. The van der Waals surface area contributed by atoms with E-state index >= 15 is 0 Å². The lowest BCUT2D eigenvalue weighted by atomic mass is 9.92. The van der Waals surface area contributed by atoms with Gasteiger partial charge in [0.1, 0.15) is 11.1 Å². The smallest absolute Gasteiger partial charge is 0.408 e. The van der Waals surface area contributed by atoms with Crippen molar-refractivity contribution in [3.8, 4) is 0 Å². The van der Waals surface area contributed by atoms with Crippen molar-refractivity contribution in [2.45, 2.75) is 72.6 Å². The second kappa shape index (κ2) is 7.32. The molecule has 1 saturated heterocycles. The highest BCUT2D eigenvalue weighted by atomic mass is 16.6. The topological polar surface area (TPSA) is 80.5 Å². The summed E-state index contributed by atoms with van der Waals surface area (Å²) in [5.74, 6) is 2.38. The molecule has 2 heterocycles. The summed E-state index contributed by atoms with van der Waals surface area (Å²) >= 11 is 0. The standard InChI is InChI=1S/C18H32N4O3/c1-12-8-13(2)10-22(9-12)11-14-19-15(21-25-14)18(6,7)20-16(23)24-17(3,4)5/h12-13H,8-11H2,1-7H3,(H,20,23)/t12-,13-/m1/s1. The Balaban J connectivity index is 1.98. The first-order chi connectivity index (χ1) is 11.4. The van der Waals surface area contributed by atoms with Gasteiger partial charge in [0, 0.05) is 13.1 Å². The van der Waals surface area contributed by atoms with Crippen LogP contribution in [0.3, 0.4) is 0 Å². The van der Waals surface area contributed by atoms with Crippen molar-refractivity contribution in [1.29, 1.82) is 0 Å². The van der Waals surface area contributed by atoms with Crippen molar-refractivity contribution in [3.05, 3.63) is 11.7 Å². The maximum Gasteiger partial charge on any atom is 0.408 e. The molecule has 2 atom stereocenters. The average Bonchev–Trinajstić information content (AvgIpc) is 2.83. The molecular weight excluding hydrogens is 320 g/mol. The largest absolute Gasteiger partial charge is 0.444 e. The highest BCUT2D eigenvalue weighted by molar-refractivity contribution is 5.68. The number of nitrogens with zero attached hydrogens (tertiary/aromatic N) is 3. The van der Waals surface area contributed by atoms with Gasteiger partial charge in [0.15, 0.2) is 5.82 Å². The Morgan fingerprint density at radius 1 is 1.24 bits per heavy atom. The second-order valence-electron chi connectivity index (χ2n) is 8.90. The van der Waals surface area contributed by atoms with Crippen molar-refractivity contribution >= 4 is 6.09 Å². The Kier molecular flexibility index (Phi) is 5.76. The Morgan fingerprint density at radius 2 is 1.84 bits per heavy atom. The van der Waals surface area contributed by atoms with Crippen LogP contribution in [0, 0.1) is 11.8 Å². The van der Waals surface area contributed by atoms with Crippen LogP contribution in [0.4, 0.5) is 4.79 Å². The third-order valence-corrected chi connectivity index (χ3v) is 4.14. The predicted octanol–water partition coefficient (Wildman–Crippen LogP) is 3.31. The van der Waals surface area contributed by atoms with E-state index in [4.69, 9.17) is 9.26 Å². The van der Waals surface area contributed by atoms with Gasteiger partial charge in [-0.05, 0) is 52.9 Å². The van der Waals surface area contributed by atoms with Gasteiger partial charge in [-0.1, -0.05) is 19.0 Å². The van der Waals surface area contributed by atoms with E-state index in [0.29, 0.717) is 30.1 Å². The molecule has 1 fully saturated rings. The monoisotopic (exact) mass is 352 g/mol. The summed E-state index contributed by atoms with van der Waals surface area (Å²) in [5.41, 5.74) is -1.32. The lowest BCUT2D eigenvalue weighted by Crippen LogP contribution is -2.44. The molecule has 142 valence electrons. The maximum absolute atomic E-state index is 12.0. The molecule has 7 heteroatoms. The van der Waals surface area contributed by atoms with Gasteiger partial charge in [0.2, 0.25) is 5.89 Å². The van der Waals surface area contributed by atoms with Crippen LogP contribution in [0.2, 0.25) is 0 Å². The van der Waals surface area contributed by atoms with Crippen LogP contribution in [0.1, 0.15) is 66.6 Å². The van der Waals surface area contributed by atoms with Crippen LogP contribution >= 0.6 is 0 Å². The molecule has 2 rings (SSSR count). The summed E-state index contributed by atoms with van der Waals surface area (Å²) in [6.45, 7) is 16.4. The summed E-state index contributed by atoms with van der Waals surface area (Å²) in [4.78, 5) is 18.9. The molecule has 0 bridgehead atoms. The molecule has 1 aromatic heterocycles.